The molecule has 2 nitrogen and oxygen atoms in total. The summed E-state index contributed by atoms with van der Waals surface area (Å²) < 4.78 is 2.86. The number of imidazole rings is 1. The summed E-state index contributed by atoms with van der Waals surface area (Å²) in [4.78, 5) is 4.55. The minimum Gasteiger partial charge on any atom is -0.331 e. The maximum atomic E-state index is 6.35. The number of aromatic nitrogens is 2. The molecule has 0 saturated carbocycles. The normalized spacial score (nSPS) is 12.9. The van der Waals surface area contributed by atoms with Crippen LogP contribution in [-0.2, 0) is 0 Å². The Morgan fingerprint density at radius 2 is 2.21 bits per heavy atom. The molecule has 0 radical (unpaired) electrons. The second-order valence-corrected chi connectivity index (χ2v) is 6.15. The number of nitrogens with one attached hydrogen (secondary N) is 1. The summed E-state index contributed by atoms with van der Waals surface area (Å²) >= 11 is 13.6. The van der Waals surface area contributed by atoms with Gasteiger partial charge in [-0.2, -0.15) is 0 Å². The van der Waals surface area contributed by atoms with Crippen molar-refractivity contribution in [2.24, 2.45) is 0 Å². The lowest BCUT2D eigenvalue weighted by atomic mass is 10.2. The smallest absolute Gasteiger partial charge is 0.178 e. The fraction of sp³-hybridized carbons (Fsp3) is 0.214. The van der Waals surface area contributed by atoms with Gasteiger partial charge in [-0.1, -0.05) is 30.7 Å². The van der Waals surface area contributed by atoms with E-state index in [2.05, 4.69) is 34.0 Å². The monoisotopic (exact) mass is 308 g/mol. The number of hydrogen-bond donors (Lipinski definition) is 1. The predicted molar refractivity (Wildman–Crippen MR) is 84.9 cm³/mol. The third-order valence-electron chi connectivity index (χ3n) is 3.26. The van der Waals surface area contributed by atoms with E-state index in [4.69, 9.17) is 23.8 Å². The van der Waals surface area contributed by atoms with Crippen LogP contribution in [0.2, 0.25) is 5.02 Å². The molecule has 1 unspecified atom stereocenters. The highest BCUT2D eigenvalue weighted by molar-refractivity contribution is 7.71. The summed E-state index contributed by atoms with van der Waals surface area (Å²) in [5, 5.41) is 2.83. The Morgan fingerprint density at radius 3 is 2.89 bits per heavy atom. The molecule has 0 fully saturated rings. The van der Waals surface area contributed by atoms with Gasteiger partial charge in [-0.05, 0) is 42.2 Å². The van der Waals surface area contributed by atoms with E-state index in [0.29, 0.717) is 0 Å². The first-order valence-corrected chi connectivity index (χ1v) is 7.81. The van der Waals surface area contributed by atoms with Gasteiger partial charge in [-0.15, -0.1) is 11.3 Å². The highest BCUT2D eigenvalue weighted by Crippen LogP contribution is 2.32. The van der Waals surface area contributed by atoms with Crippen molar-refractivity contribution >= 4 is 46.2 Å². The molecule has 0 aliphatic heterocycles. The Hall–Kier alpha value is -1.10. The SMILES string of the molecule is CCC(c1cccs1)n1c(=S)[nH]c2cccc(Cl)c21. The first-order valence-electron chi connectivity index (χ1n) is 6.14. The summed E-state index contributed by atoms with van der Waals surface area (Å²) in [6.45, 7) is 2.17. The third-order valence-corrected chi connectivity index (χ3v) is 4.84. The topological polar surface area (TPSA) is 20.7 Å². The van der Waals surface area contributed by atoms with Gasteiger partial charge < -0.3 is 9.55 Å². The molecule has 3 aromatic rings. The molecule has 0 bridgehead atoms. The van der Waals surface area contributed by atoms with E-state index in [-0.39, 0.29) is 6.04 Å². The van der Waals surface area contributed by atoms with Crippen molar-refractivity contribution in [3.8, 4) is 0 Å². The van der Waals surface area contributed by atoms with Crippen LogP contribution in [0.4, 0.5) is 0 Å². The quantitative estimate of drug-likeness (QED) is 0.641. The fourth-order valence-electron chi connectivity index (χ4n) is 2.43. The van der Waals surface area contributed by atoms with Gasteiger partial charge in [0.25, 0.3) is 0 Å². The van der Waals surface area contributed by atoms with Crippen LogP contribution in [-0.4, -0.2) is 9.55 Å². The predicted octanol–water partition coefficient (Wildman–Crippen LogP) is 5.41. The second kappa shape index (κ2) is 5.12. The van der Waals surface area contributed by atoms with Crippen LogP contribution in [0, 0.1) is 4.77 Å². The number of aromatic amines is 1. The average molecular weight is 309 g/mol. The number of rotatable bonds is 3. The van der Waals surface area contributed by atoms with E-state index < -0.39 is 0 Å². The van der Waals surface area contributed by atoms with Crippen molar-refractivity contribution in [1.29, 1.82) is 0 Å². The van der Waals surface area contributed by atoms with Crippen molar-refractivity contribution in [3.63, 3.8) is 0 Å². The highest BCUT2D eigenvalue weighted by Gasteiger charge is 2.18. The van der Waals surface area contributed by atoms with E-state index in [1.807, 2.05) is 18.2 Å². The van der Waals surface area contributed by atoms with Crippen LogP contribution in [0.3, 0.4) is 0 Å². The number of nitrogens with zero attached hydrogens (tertiary/aromatic N) is 1. The zero-order valence-electron chi connectivity index (χ0n) is 10.4. The maximum Gasteiger partial charge on any atom is 0.178 e. The maximum absolute atomic E-state index is 6.35. The summed E-state index contributed by atoms with van der Waals surface area (Å²) in [5.74, 6) is 0. The molecule has 0 aliphatic rings. The van der Waals surface area contributed by atoms with E-state index in [1.54, 1.807) is 11.3 Å². The number of para-hydroxylation sites is 1. The van der Waals surface area contributed by atoms with E-state index in [0.717, 1.165) is 27.2 Å². The van der Waals surface area contributed by atoms with Gasteiger partial charge in [0.2, 0.25) is 0 Å². The van der Waals surface area contributed by atoms with Crippen molar-refractivity contribution in [3.05, 3.63) is 50.4 Å². The number of halogens is 1. The minimum atomic E-state index is 0.237. The Bertz CT molecular complexity index is 755. The average Bonchev–Trinajstić information content (AvgIpc) is 3.00. The summed E-state index contributed by atoms with van der Waals surface area (Å²) in [5.41, 5.74) is 1.99. The summed E-state index contributed by atoms with van der Waals surface area (Å²) in [6, 6.07) is 10.3. The van der Waals surface area contributed by atoms with Crippen molar-refractivity contribution in [1.82, 2.24) is 9.55 Å². The van der Waals surface area contributed by atoms with Gasteiger partial charge in [0.1, 0.15) is 0 Å². The molecule has 0 spiro atoms. The van der Waals surface area contributed by atoms with Gasteiger partial charge in [0.05, 0.1) is 22.1 Å². The Kier molecular flexibility index (Phi) is 3.48. The number of thiophene rings is 1. The lowest BCUT2D eigenvalue weighted by Crippen LogP contribution is -2.08. The van der Waals surface area contributed by atoms with Crippen LogP contribution < -0.4 is 0 Å². The van der Waals surface area contributed by atoms with Gasteiger partial charge >= 0.3 is 0 Å². The number of H-pyrrole nitrogens is 1. The van der Waals surface area contributed by atoms with Crippen LogP contribution in [0.1, 0.15) is 24.3 Å². The first-order chi connectivity index (χ1) is 9.22. The van der Waals surface area contributed by atoms with E-state index in [1.165, 1.54) is 4.88 Å². The molecule has 2 aromatic heterocycles. The molecule has 98 valence electrons. The van der Waals surface area contributed by atoms with Gasteiger partial charge in [0.15, 0.2) is 4.77 Å². The molecule has 19 heavy (non-hydrogen) atoms. The molecule has 0 amide bonds. The number of fused-ring (bicyclic) bond motifs is 1. The third kappa shape index (κ3) is 2.14. The minimum absolute atomic E-state index is 0.237. The highest BCUT2D eigenvalue weighted by atomic mass is 35.5. The number of hydrogen-bond acceptors (Lipinski definition) is 2. The lowest BCUT2D eigenvalue weighted by molar-refractivity contribution is 0.584. The Balaban J connectivity index is 2.30. The molecule has 0 saturated heterocycles. The molecule has 1 N–H and O–H groups in total. The molecule has 1 atom stereocenters. The molecule has 1 aromatic carbocycles. The molecule has 0 aliphatic carbocycles. The Labute approximate surface area is 125 Å². The number of benzene rings is 1. The lowest BCUT2D eigenvalue weighted by Gasteiger charge is -2.16. The fourth-order valence-corrected chi connectivity index (χ4v) is 3.92. The molecular formula is C14H13ClN2S2. The zero-order chi connectivity index (χ0) is 13.4. The molecule has 3 rings (SSSR count). The van der Waals surface area contributed by atoms with Crippen molar-refractivity contribution < 1.29 is 0 Å². The second-order valence-electron chi connectivity index (χ2n) is 4.38. The zero-order valence-corrected chi connectivity index (χ0v) is 12.8. The standard InChI is InChI=1S/C14H13ClN2S2/c1-2-11(12-7-4-8-19-12)17-13-9(15)5-3-6-10(13)16-14(17)18/h3-8,11H,2H2,1H3,(H,16,18). The van der Waals surface area contributed by atoms with E-state index in [9.17, 15) is 0 Å². The van der Waals surface area contributed by atoms with Crippen LogP contribution in [0.15, 0.2) is 35.7 Å². The van der Waals surface area contributed by atoms with Crippen LogP contribution >= 0.6 is 35.2 Å². The van der Waals surface area contributed by atoms with Gasteiger partial charge in [-0.25, -0.2) is 0 Å². The molecule has 5 heteroatoms. The van der Waals surface area contributed by atoms with Crippen molar-refractivity contribution in [2.75, 3.05) is 0 Å². The van der Waals surface area contributed by atoms with E-state index >= 15 is 0 Å². The summed E-state index contributed by atoms with van der Waals surface area (Å²) in [7, 11) is 0. The molecule has 2 heterocycles. The van der Waals surface area contributed by atoms with Gasteiger partial charge in [0, 0.05) is 4.88 Å². The van der Waals surface area contributed by atoms with Crippen molar-refractivity contribution in [2.45, 2.75) is 19.4 Å². The largest absolute Gasteiger partial charge is 0.331 e. The first kappa shape index (κ1) is 12.9. The Morgan fingerprint density at radius 1 is 1.37 bits per heavy atom. The van der Waals surface area contributed by atoms with Crippen LogP contribution in [0.25, 0.3) is 11.0 Å². The summed E-state index contributed by atoms with van der Waals surface area (Å²) in [6.07, 6.45) is 0.979. The molecular weight excluding hydrogens is 296 g/mol. The van der Waals surface area contributed by atoms with Gasteiger partial charge in [-0.3, -0.25) is 0 Å². The van der Waals surface area contributed by atoms with Crippen LogP contribution in [0.5, 0.6) is 0 Å².